The number of rotatable bonds is 8. The molecule has 0 fully saturated rings. The van der Waals surface area contributed by atoms with Crippen LogP contribution in [0, 0.1) is 5.82 Å². The van der Waals surface area contributed by atoms with Crippen molar-refractivity contribution in [2.45, 2.75) is 6.42 Å². The van der Waals surface area contributed by atoms with Crippen LogP contribution in [0.2, 0.25) is 5.02 Å². The van der Waals surface area contributed by atoms with Crippen LogP contribution in [-0.4, -0.2) is 45.2 Å². The average molecular weight is 275 g/mol. The fraction of sp³-hybridized carbons (Fsp3) is 0.538. The maximum Gasteiger partial charge on any atom is 0.183 e. The van der Waals surface area contributed by atoms with Gasteiger partial charge in [0.15, 0.2) is 11.6 Å². The summed E-state index contributed by atoms with van der Waals surface area (Å²) in [6.45, 7) is 3.11. The summed E-state index contributed by atoms with van der Waals surface area (Å²) < 4.78 is 18.8. The second-order valence-electron chi connectivity index (χ2n) is 4.31. The molecule has 1 aromatic rings. The van der Waals surface area contributed by atoms with Crippen molar-refractivity contribution < 1.29 is 9.13 Å². The molecule has 0 unspecified atom stereocenters. The van der Waals surface area contributed by atoms with Gasteiger partial charge in [0.05, 0.1) is 5.02 Å². The third-order valence-corrected chi connectivity index (χ3v) is 2.70. The summed E-state index contributed by atoms with van der Waals surface area (Å²) in [6.07, 6.45) is 1.08. The van der Waals surface area contributed by atoms with Gasteiger partial charge < -0.3 is 15.0 Å². The van der Waals surface area contributed by atoms with Crippen molar-refractivity contribution in [2.24, 2.45) is 0 Å². The van der Waals surface area contributed by atoms with Gasteiger partial charge in [0.1, 0.15) is 6.61 Å². The van der Waals surface area contributed by atoms with Crippen LogP contribution in [0.1, 0.15) is 6.42 Å². The first-order valence-electron chi connectivity index (χ1n) is 6.03. The van der Waals surface area contributed by atoms with Crippen LogP contribution in [-0.2, 0) is 0 Å². The van der Waals surface area contributed by atoms with E-state index < -0.39 is 5.82 Å². The molecule has 0 aliphatic carbocycles. The third kappa shape index (κ3) is 5.67. The van der Waals surface area contributed by atoms with Crippen molar-refractivity contribution in [3.05, 3.63) is 29.0 Å². The first kappa shape index (κ1) is 15.2. The second-order valence-corrected chi connectivity index (χ2v) is 4.71. The molecule has 0 radical (unpaired) electrons. The quantitative estimate of drug-likeness (QED) is 0.737. The number of halogens is 2. The molecule has 3 nitrogen and oxygen atoms in total. The van der Waals surface area contributed by atoms with E-state index in [1.807, 2.05) is 14.1 Å². The Bertz CT molecular complexity index is 361. The zero-order valence-corrected chi connectivity index (χ0v) is 11.6. The van der Waals surface area contributed by atoms with Crippen LogP contribution in [0.3, 0.4) is 0 Å². The van der Waals surface area contributed by atoms with Gasteiger partial charge in [-0.15, -0.1) is 0 Å². The number of ether oxygens (including phenoxy) is 1. The summed E-state index contributed by atoms with van der Waals surface area (Å²) >= 11 is 5.65. The monoisotopic (exact) mass is 274 g/mol. The zero-order chi connectivity index (χ0) is 13.4. The molecule has 0 spiro atoms. The van der Waals surface area contributed by atoms with Crippen molar-refractivity contribution >= 4 is 11.6 Å². The standard InChI is InChI=1S/C13H20ClFN2O/c1-17(2)9-4-7-16-8-10-18-12-6-3-5-11(14)13(12)15/h3,5-6,16H,4,7-10H2,1-2H3. The van der Waals surface area contributed by atoms with Gasteiger partial charge in [-0.2, -0.15) is 0 Å². The first-order chi connectivity index (χ1) is 8.61. The molecule has 0 bridgehead atoms. The molecule has 0 amide bonds. The number of nitrogens with zero attached hydrogens (tertiary/aromatic N) is 1. The van der Waals surface area contributed by atoms with Crippen LogP contribution in [0.4, 0.5) is 4.39 Å². The van der Waals surface area contributed by atoms with Gasteiger partial charge >= 0.3 is 0 Å². The largest absolute Gasteiger partial charge is 0.489 e. The van der Waals surface area contributed by atoms with Gasteiger partial charge in [-0.1, -0.05) is 17.7 Å². The first-order valence-corrected chi connectivity index (χ1v) is 6.41. The van der Waals surface area contributed by atoms with Gasteiger partial charge in [-0.25, -0.2) is 4.39 Å². The Morgan fingerprint density at radius 1 is 1.33 bits per heavy atom. The number of hydrogen-bond donors (Lipinski definition) is 1. The smallest absolute Gasteiger partial charge is 0.183 e. The molecule has 5 heteroatoms. The zero-order valence-electron chi connectivity index (χ0n) is 10.9. The lowest BCUT2D eigenvalue weighted by Crippen LogP contribution is -2.25. The molecule has 0 aliphatic heterocycles. The van der Waals surface area contributed by atoms with E-state index in [-0.39, 0.29) is 10.8 Å². The van der Waals surface area contributed by atoms with E-state index in [2.05, 4.69) is 10.2 Å². The fourth-order valence-corrected chi connectivity index (χ4v) is 1.64. The van der Waals surface area contributed by atoms with E-state index >= 15 is 0 Å². The van der Waals surface area contributed by atoms with E-state index in [0.29, 0.717) is 13.2 Å². The highest BCUT2D eigenvalue weighted by molar-refractivity contribution is 6.30. The molecule has 0 aliphatic rings. The summed E-state index contributed by atoms with van der Waals surface area (Å²) in [4.78, 5) is 2.14. The van der Waals surface area contributed by atoms with Gasteiger partial charge in [-0.3, -0.25) is 0 Å². The van der Waals surface area contributed by atoms with Crippen LogP contribution in [0.15, 0.2) is 18.2 Å². The van der Waals surface area contributed by atoms with Gasteiger partial charge in [0, 0.05) is 6.54 Å². The maximum atomic E-state index is 13.4. The Balaban J connectivity index is 2.13. The Hall–Kier alpha value is -0.840. The Morgan fingerprint density at radius 3 is 2.83 bits per heavy atom. The number of benzene rings is 1. The Labute approximate surface area is 113 Å². The summed E-state index contributed by atoms with van der Waals surface area (Å²) in [5.41, 5.74) is 0. The van der Waals surface area contributed by atoms with Crippen molar-refractivity contribution in [3.63, 3.8) is 0 Å². The lowest BCUT2D eigenvalue weighted by Gasteiger charge is -2.11. The van der Waals surface area contributed by atoms with Crippen LogP contribution < -0.4 is 10.1 Å². The normalized spacial score (nSPS) is 10.9. The molecule has 1 rings (SSSR count). The topological polar surface area (TPSA) is 24.5 Å². The van der Waals surface area contributed by atoms with Crippen molar-refractivity contribution in [3.8, 4) is 5.75 Å². The predicted octanol–water partition coefficient (Wildman–Crippen LogP) is 2.40. The van der Waals surface area contributed by atoms with Gasteiger partial charge in [0.25, 0.3) is 0 Å². The molecule has 0 heterocycles. The fourth-order valence-electron chi connectivity index (χ4n) is 1.47. The summed E-state index contributed by atoms with van der Waals surface area (Å²) in [7, 11) is 4.09. The second kappa shape index (κ2) is 8.29. The molecule has 0 saturated heterocycles. The molecule has 0 aromatic heterocycles. The molecule has 1 aromatic carbocycles. The van der Waals surface area contributed by atoms with Crippen molar-refractivity contribution in [1.29, 1.82) is 0 Å². The average Bonchev–Trinajstić information content (AvgIpc) is 2.32. The van der Waals surface area contributed by atoms with Crippen molar-refractivity contribution in [2.75, 3.05) is 40.3 Å². The van der Waals surface area contributed by atoms with E-state index in [0.717, 1.165) is 19.5 Å². The lowest BCUT2D eigenvalue weighted by molar-refractivity contribution is 0.297. The highest BCUT2D eigenvalue weighted by Crippen LogP contribution is 2.23. The highest BCUT2D eigenvalue weighted by Gasteiger charge is 2.06. The van der Waals surface area contributed by atoms with E-state index in [4.69, 9.17) is 16.3 Å². The van der Waals surface area contributed by atoms with Crippen LogP contribution in [0.5, 0.6) is 5.75 Å². The van der Waals surface area contributed by atoms with Crippen LogP contribution >= 0.6 is 11.6 Å². The minimum Gasteiger partial charge on any atom is -0.489 e. The summed E-state index contributed by atoms with van der Waals surface area (Å²) in [5.74, 6) is -0.288. The minimum atomic E-state index is -0.494. The lowest BCUT2D eigenvalue weighted by atomic mass is 10.3. The molecular formula is C13H20ClFN2O. The summed E-state index contributed by atoms with van der Waals surface area (Å²) in [6, 6.07) is 4.75. The maximum absolute atomic E-state index is 13.4. The van der Waals surface area contributed by atoms with E-state index in [9.17, 15) is 4.39 Å². The van der Waals surface area contributed by atoms with Gasteiger partial charge in [-0.05, 0) is 45.7 Å². The summed E-state index contributed by atoms with van der Waals surface area (Å²) in [5, 5.41) is 3.33. The Kier molecular flexibility index (Phi) is 7.01. The van der Waals surface area contributed by atoms with E-state index in [1.165, 1.54) is 6.07 Å². The molecule has 0 atom stereocenters. The van der Waals surface area contributed by atoms with E-state index in [1.54, 1.807) is 12.1 Å². The molecular weight excluding hydrogens is 255 g/mol. The highest BCUT2D eigenvalue weighted by atomic mass is 35.5. The van der Waals surface area contributed by atoms with Crippen molar-refractivity contribution in [1.82, 2.24) is 10.2 Å². The number of nitrogens with one attached hydrogen (secondary N) is 1. The number of hydrogen-bond acceptors (Lipinski definition) is 3. The van der Waals surface area contributed by atoms with Gasteiger partial charge in [0.2, 0.25) is 0 Å². The predicted molar refractivity (Wildman–Crippen MR) is 72.9 cm³/mol. The molecule has 0 saturated carbocycles. The van der Waals surface area contributed by atoms with Crippen LogP contribution in [0.25, 0.3) is 0 Å². The molecule has 1 N–H and O–H groups in total. The SMILES string of the molecule is CN(C)CCCNCCOc1cccc(Cl)c1F. The molecule has 18 heavy (non-hydrogen) atoms. The minimum absolute atomic E-state index is 0.0893. The Morgan fingerprint density at radius 2 is 2.11 bits per heavy atom. The third-order valence-electron chi connectivity index (χ3n) is 2.41. The molecule has 102 valence electrons.